The molecular formula is C13H22N2O2. The van der Waals surface area contributed by atoms with Crippen molar-refractivity contribution in [2.24, 2.45) is 11.3 Å². The Morgan fingerprint density at radius 1 is 1.47 bits per heavy atom. The second-order valence-corrected chi connectivity index (χ2v) is 5.94. The molecule has 1 aliphatic carbocycles. The van der Waals surface area contributed by atoms with Crippen molar-refractivity contribution in [1.29, 1.82) is 0 Å². The monoisotopic (exact) mass is 238 g/mol. The maximum absolute atomic E-state index is 12.3. The summed E-state index contributed by atoms with van der Waals surface area (Å²) in [7, 11) is 0. The van der Waals surface area contributed by atoms with Crippen molar-refractivity contribution in [1.82, 2.24) is 10.2 Å². The molecule has 96 valence electrons. The van der Waals surface area contributed by atoms with Gasteiger partial charge in [-0.15, -0.1) is 0 Å². The zero-order valence-corrected chi connectivity index (χ0v) is 11.0. The number of carbonyl (C=O) groups excluding carboxylic acids is 2. The Balaban J connectivity index is 2.05. The lowest BCUT2D eigenvalue weighted by atomic mass is 9.95. The van der Waals surface area contributed by atoms with E-state index in [2.05, 4.69) is 12.2 Å². The SMILES string of the molecule is CCC(C)C1NC(=O)CN(CC2(C)CC2)C1=O. The lowest BCUT2D eigenvalue weighted by Gasteiger charge is -2.36. The average molecular weight is 238 g/mol. The first-order chi connectivity index (χ1) is 7.95. The van der Waals surface area contributed by atoms with Crippen LogP contribution in [0.25, 0.3) is 0 Å². The van der Waals surface area contributed by atoms with Crippen molar-refractivity contribution >= 4 is 11.8 Å². The van der Waals surface area contributed by atoms with Crippen LogP contribution in [0.2, 0.25) is 0 Å². The smallest absolute Gasteiger partial charge is 0.245 e. The number of hydrogen-bond donors (Lipinski definition) is 1. The molecule has 2 fully saturated rings. The summed E-state index contributed by atoms with van der Waals surface area (Å²) >= 11 is 0. The van der Waals surface area contributed by atoms with E-state index < -0.39 is 0 Å². The Morgan fingerprint density at radius 2 is 2.12 bits per heavy atom. The predicted molar refractivity (Wildman–Crippen MR) is 65.3 cm³/mol. The quantitative estimate of drug-likeness (QED) is 0.799. The van der Waals surface area contributed by atoms with Crippen molar-refractivity contribution < 1.29 is 9.59 Å². The number of nitrogens with one attached hydrogen (secondary N) is 1. The minimum Gasteiger partial charge on any atom is -0.342 e. The maximum atomic E-state index is 12.3. The van der Waals surface area contributed by atoms with Crippen molar-refractivity contribution in [2.75, 3.05) is 13.1 Å². The molecule has 17 heavy (non-hydrogen) atoms. The second-order valence-electron chi connectivity index (χ2n) is 5.94. The van der Waals surface area contributed by atoms with Crippen LogP contribution in [0.5, 0.6) is 0 Å². The summed E-state index contributed by atoms with van der Waals surface area (Å²) in [6, 6.07) is -0.316. The minimum atomic E-state index is -0.316. The van der Waals surface area contributed by atoms with E-state index in [4.69, 9.17) is 0 Å². The fourth-order valence-corrected chi connectivity index (χ4v) is 2.32. The molecule has 1 N–H and O–H groups in total. The Bertz CT molecular complexity index is 336. The van der Waals surface area contributed by atoms with Crippen molar-refractivity contribution in [3.8, 4) is 0 Å². The van der Waals surface area contributed by atoms with Gasteiger partial charge in [-0.2, -0.15) is 0 Å². The van der Waals surface area contributed by atoms with Crippen LogP contribution in [0.15, 0.2) is 0 Å². The van der Waals surface area contributed by atoms with E-state index in [0.29, 0.717) is 0 Å². The summed E-state index contributed by atoms with van der Waals surface area (Å²) in [5.41, 5.74) is 0.271. The van der Waals surface area contributed by atoms with Crippen LogP contribution >= 0.6 is 0 Å². The summed E-state index contributed by atoms with van der Waals surface area (Å²) < 4.78 is 0. The van der Waals surface area contributed by atoms with Gasteiger partial charge in [0.05, 0.1) is 6.54 Å². The highest BCUT2D eigenvalue weighted by atomic mass is 16.2. The molecule has 2 amide bonds. The largest absolute Gasteiger partial charge is 0.342 e. The summed E-state index contributed by atoms with van der Waals surface area (Å²) in [6.45, 7) is 7.23. The number of carbonyl (C=O) groups is 2. The van der Waals surface area contributed by atoms with Gasteiger partial charge >= 0.3 is 0 Å². The van der Waals surface area contributed by atoms with Gasteiger partial charge in [0.15, 0.2) is 0 Å². The van der Waals surface area contributed by atoms with Crippen LogP contribution in [0, 0.1) is 11.3 Å². The molecule has 2 unspecified atom stereocenters. The topological polar surface area (TPSA) is 49.4 Å². The van der Waals surface area contributed by atoms with Crippen LogP contribution in [0.3, 0.4) is 0 Å². The molecule has 1 saturated heterocycles. The second kappa shape index (κ2) is 4.31. The molecular weight excluding hydrogens is 216 g/mol. The van der Waals surface area contributed by atoms with Gasteiger partial charge in [0.1, 0.15) is 6.04 Å². The highest BCUT2D eigenvalue weighted by Crippen LogP contribution is 2.45. The maximum Gasteiger partial charge on any atom is 0.245 e. The summed E-state index contributed by atoms with van der Waals surface area (Å²) in [5, 5.41) is 2.82. The van der Waals surface area contributed by atoms with Gasteiger partial charge in [0.25, 0.3) is 0 Å². The first-order valence-corrected chi connectivity index (χ1v) is 6.53. The Hall–Kier alpha value is -1.06. The normalized spacial score (nSPS) is 28.9. The number of hydrogen-bond acceptors (Lipinski definition) is 2. The van der Waals surface area contributed by atoms with Gasteiger partial charge < -0.3 is 10.2 Å². The number of rotatable bonds is 4. The summed E-state index contributed by atoms with van der Waals surface area (Å²) in [5.74, 6) is 0.299. The molecule has 0 aromatic carbocycles. The van der Waals surface area contributed by atoms with Crippen LogP contribution < -0.4 is 5.32 Å². The van der Waals surface area contributed by atoms with Crippen LogP contribution in [0.4, 0.5) is 0 Å². The molecule has 1 heterocycles. The fraction of sp³-hybridized carbons (Fsp3) is 0.846. The van der Waals surface area contributed by atoms with Crippen molar-refractivity contribution in [3.05, 3.63) is 0 Å². The van der Waals surface area contributed by atoms with E-state index in [0.717, 1.165) is 13.0 Å². The lowest BCUT2D eigenvalue weighted by Crippen LogP contribution is -2.60. The van der Waals surface area contributed by atoms with E-state index >= 15 is 0 Å². The molecule has 1 aliphatic heterocycles. The third kappa shape index (κ3) is 2.61. The molecule has 4 heteroatoms. The first kappa shape index (κ1) is 12.4. The lowest BCUT2D eigenvalue weighted by molar-refractivity contribution is -0.146. The fourth-order valence-electron chi connectivity index (χ4n) is 2.32. The van der Waals surface area contributed by atoms with Gasteiger partial charge in [-0.05, 0) is 24.2 Å². The third-order valence-electron chi connectivity index (χ3n) is 4.12. The average Bonchev–Trinajstić information content (AvgIpc) is 3.00. The number of nitrogens with zero attached hydrogens (tertiary/aromatic N) is 1. The highest BCUT2D eigenvalue weighted by molar-refractivity contribution is 5.95. The Morgan fingerprint density at radius 3 is 2.65 bits per heavy atom. The third-order valence-corrected chi connectivity index (χ3v) is 4.12. The van der Waals surface area contributed by atoms with Crippen molar-refractivity contribution in [3.63, 3.8) is 0 Å². The van der Waals surface area contributed by atoms with E-state index in [1.165, 1.54) is 12.8 Å². The van der Waals surface area contributed by atoms with Gasteiger partial charge in [-0.3, -0.25) is 9.59 Å². The molecule has 4 nitrogen and oxygen atoms in total. The highest BCUT2D eigenvalue weighted by Gasteiger charge is 2.43. The van der Waals surface area contributed by atoms with Gasteiger partial charge in [-0.1, -0.05) is 27.2 Å². The molecule has 0 aromatic rings. The molecule has 0 spiro atoms. The van der Waals surface area contributed by atoms with Crippen LogP contribution in [-0.2, 0) is 9.59 Å². The summed E-state index contributed by atoms with van der Waals surface area (Å²) in [4.78, 5) is 25.7. The van der Waals surface area contributed by atoms with E-state index in [-0.39, 0.29) is 35.7 Å². The molecule has 0 bridgehead atoms. The molecule has 2 atom stereocenters. The Labute approximate surface area is 103 Å². The predicted octanol–water partition coefficient (Wildman–Crippen LogP) is 1.16. The molecule has 1 saturated carbocycles. The van der Waals surface area contributed by atoms with Crippen LogP contribution in [-0.4, -0.2) is 35.8 Å². The Kier molecular flexibility index (Phi) is 3.15. The zero-order chi connectivity index (χ0) is 12.6. The first-order valence-electron chi connectivity index (χ1n) is 6.53. The molecule has 0 aromatic heterocycles. The number of piperazine rings is 1. The van der Waals surface area contributed by atoms with Gasteiger partial charge in [-0.25, -0.2) is 0 Å². The van der Waals surface area contributed by atoms with Gasteiger partial charge in [0.2, 0.25) is 11.8 Å². The van der Waals surface area contributed by atoms with E-state index in [1.807, 2.05) is 13.8 Å². The molecule has 2 rings (SSSR count). The molecule has 0 radical (unpaired) electrons. The van der Waals surface area contributed by atoms with Crippen molar-refractivity contribution in [2.45, 2.75) is 46.1 Å². The standard InChI is InChI=1S/C13H22N2O2/c1-4-9(2)11-12(17)15(7-10(16)14-11)8-13(3)5-6-13/h9,11H,4-8H2,1-3H3,(H,14,16). The molecule has 2 aliphatic rings. The van der Waals surface area contributed by atoms with Gasteiger partial charge in [0, 0.05) is 6.54 Å². The summed E-state index contributed by atoms with van der Waals surface area (Å²) in [6.07, 6.45) is 3.25. The van der Waals surface area contributed by atoms with E-state index in [1.54, 1.807) is 4.90 Å². The number of amides is 2. The zero-order valence-electron chi connectivity index (χ0n) is 11.0. The van der Waals surface area contributed by atoms with E-state index in [9.17, 15) is 9.59 Å². The van der Waals surface area contributed by atoms with Crippen LogP contribution in [0.1, 0.15) is 40.0 Å². The minimum absolute atomic E-state index is 0.0147.